The molecule has 1 atom stereocenters. The molecule has 2 aromatic heterocycles. The van der Waals surface area contributed by atoms with Gasteiger partial charge in [-0.2, -0.15) is 0 Å². The van der Waals surface area contributed by atoms with E-state index >= 15 is 0 Å². The van der Waals surface area contributed by atoms with Crippen LogP contribution in [0.25, 0.3) is 22.3 Å². The van der Waals surface area contributed by atoms with E-state index in [1.54, 1.807) is 18.2 Å². The normalized spacial score (nSPS) is 16.1. The predicted octanol–water partition coefficient (Wildman–Crippen LogP) is 1.66. The summed E-state index contributed by atoms with van der Waals surface area (Å²) < 4.78 is 7.11. The van der Waals surface area contributed by atoms with Gasteiger partial charge in [0.15, 0.2) is 0 Å². The van der Waals surface area contributed by atoms with Crippen LogP contribution in [0, 0.1) is 0 Å². The van der Waals surface area contributed by atoms with Crippen LogP contribution in [0.4, 0.5) is 5.82 Å². The van der Waals surface area contributed by atoms with Gasteiger partial charge in [-0.3, -0.25) is 4.57 Å². The van der Waals surface area contributed by atoms with E-state index in [0.717, 1.165) is 5.56 Å². The van der Waals surface area contributed by atoms with Crippen molar-refractivity contribution >= 4 is 22.8 Å². The van der Waals surface area contributed by atoms with Gasteiger partial charge in [-0.1, -0.05) is 12.1 Å². The first-order valence-electron chi connectivity index (χ1n) is 6.27. The molecule has 0 saturated heterocycles. The highest BCUT2D eigenvalue weighted by Gasteiger charge is 2.33. The summed E-state index contributed by atoms with van der Waals surface area (Å²) in [7, 11) is 0. The Morgan fingerprint density at radius 3 is 2.95 bits per heavy atom. The molecule has 3 heterocycles. The van der Waals surface area contributed by atoms with E-state index < -0.39 is 12.2 Å². The summed E-state index contributed by atoms with van der Waals surface area (Å²) >= 11 is 0. The van der Waals surface area contributed by atoms with Crippen molar-refractivity contribution in [2.24, 2.45) is 0 Å². The fourth-order valence-corrected chi connectivity index (χ4v) is 2.61. The fourth-order valence-electron chi connectivity index (χ4n) is 2.61. The number of fused-ring (bicyclic) bond motifs is 5. The molecule has 7 heteroatoms. The Labute approximate surface area is 118 Å². The van der Waals surface area contributed by atoms with Crippen molar-refractivity contribution in [3.63, 3.8) is 0 Å². The number of hydrogen-bond acceptors (Lipinski definition) is 5. The van der Waals surface area contributed by atoms with Crippen LogP contribution in [0.2, 0.25) is 0 Å². The Hall–Kier alpha value is -3.09. The summed E-state index contributed by atoms with van der Waals surface area (Å²) in [5.41, 5.74) is 7.80. The second-order valence-electron chi connectivity index (χ2n) is 4.70. The minimum atomic E-state index is -1.18. The first-order valence-corrected chi connectivity index (χ1v) is 6.27. The summed E-state index contributed by atoms with van der Waals surface area (Å²) in [6.07, 6.45) is 0.131. The van der Waals surface area contributed by atoms with Gasteiger partial charge in [0.1, 0.15) is 23.5 Å². The van der Waals surface area contributed by atoms with E-state index in [0.29, 0.717) is 28.3 Å². The van der Waals surface area contributed by atoms with Gasteiger partial charge in [-0.15, -0.1) is 0 Å². The third-order valence-corrected chi connectivity index (χ3v) is 3.51. The van der Waals surface area contributed by atoms with Crippen molar-refractivity contribution in [1.29, 1.82) is 0 Å². The molecule has 0 bridgehead atoms. The third kappa shape index (κ3) is 1.51. The van der Waals surface area contributed by atoms with Gasteiger partial charge < -0.3 is 15.6 Å². The molecule has 3 aromatic rings. The maximum Gasteiger partial charge on any atom is 0.367 e. The molecule has 3 N–H and O–H groups in total. The molecule has 0 saturated carbocycles. The Morgan fingerprint density at radius 1 is 1.33 bits per heavy atom. The molecule has 1 aliphatic heterocycles. The van der Waals surface area contributed by atoms with Gasteiger partial charge in [0, 0.05) is 5.56 Å². The number of nitrogens with two attached hydrogens (primary N) is 1. The molecule has 0 aliphatic carbocycles. The van der Waals surface area contributed by atoms with Crippen LogP contribution in [-0.4, -0.2) is 25.6 Å². The molecule has 0 amide bonds. The number of carboxylic acids is 1. The van der Waals surface area contributed by atoms with E-state index in [4.69, 9.17) is 10.5 Å². The molecule has 7 nitrogen and oxygen atoms in total. The Morgan fingerprint density at radius 2 is 2.14 bits per heavy atom. The van der Waals surface area contributed by atoms with Gasteiger partial charge in [-0.25, -0.2) is 14.8 Å². The van der Waals surface area contributed by atoms with Gasteiger partial charge in [0.2, 0.25) is 0 Å². The van der Waals surface area contributed by atoms with Crippen molar-refractivity contribution in [2.75, 3.05) is 5.73 Å². The van der Waals surface area contributed by atoms with Gasteiger partial charge in [-0.05, 0) is 18.2 Å². The first kappa shape index (κ1) is 11.7. The largest absolute Gasteiger partial charge is 0.477 e. The lowest BCUT2D eigenvalue weighted by molar-refractivity contribution is -0.149. The number of aliphatic carboxylic acids is 1. The van der Waals surface area contributed by atoms with Crippen molar-refractivity contribution in [1.82, 2.24) is 14.5 Å². The molecule has 21 heavy (non-hydrogen) atoms. The quantitative estimate of drug-likeness (QED) is 0.703. The maximum absolute atomic E-state index is 11.5. The van der Waals surface area contributed by atoms with E-state index in [9.17, 15) is 9.90 Å². The van der Waals surface area contributed by atoms with Crippen LogP contribution in [0.3, 0.4) is 0 Å². The lowest BCUT2D eigenvalue weighted by atomic mass is 10.1. The standard InChI is InChI=1S/C14H10N4O3/c15-11-8-5-9-7-3-1-2-4-10(7)21-13(14(19)20)18(9)12(8)17-6-16-11/h1-6,13H,(H,19,20)(H2,15,16,17). The minimum Gasteiger partial charge on any atom is -0.477 e. The second kappa shape index (κ2) is 3.95. The van der Waals surface area contributed by atoms with Gasteiger partial charge >= 0.3 is 5.97 Å². The topological polar surface area (TPSA) is 103 Å². The van der Waals surface area contributed by atoms with Crippen molar-refractivity contribution in [2.45, 2.75) is 6.23 Å². The van der Waals surface area contributed by atoms with Crippen LogP contribution < -0.4 is 10.5 Å². The first-order chi connectivity index (χ1) is 10.2. The summed E-state index contributed by atoms with van der Waals surface area (Å²) in [4.78, 5) is 19.6. The molecule has 1 aromatic carbocycles. The number of para-hydroxylation sites is 1. The Bertz CT molecular complexity index is 887. The molecule has 0 radical (unpaired) electrons. The van der Waals surface area contributed by atoms with Crippen molar-refractivity contribution < 1.29 is 14.6 Å². The number of ether oxygens (including phenoxy) is 1. The molecule has 0 fully saturated rings. The van der Waals surface area contributed by atoms with Crippen molar-refractivity contribution in [3.8, 4) is 17.0 Å². The third-order valence-electron chi connectivity index (χ3n) is 3.51. The highest BCUT2D eigenvalue weighted by atomic mass is 16.5. The second-order valence-corrected chi connectivity index (χ2v) is 4.70. The number of nitrogens with zero attached hydrogens (tertiary/aromatic N) is 3. The zero-order valence-electron chi connectivity index (χ0n) is 10.7. The zero-order valence-corrected chi connectivity index (χ0v) is 10.7. The number of nitrogen functional groups attached to an aromatic ring is 1. The van der Waals surface area contributed by atoms with Gasteiger partial charge in [0.05, 0.1) is 11.1 Å². The number of anilines is 1. The summed E-state index contributed by atoms with van der Waals surface area (Å²) in [5, 5.41) is 10.0. The highest BCUT2D eigenvalue weighted by molar-refractivity contribution is 5.94. The number of hydrogen-bond donors (Lipinski definition) is 2. The number of carboxylic acid groups (broad SMARTS) is 1. The number of benzene rings is 1. The summed E-state index contributed by atoms with van der Waals surface area (Å²) in [6, 6.07) is 9.05. The smallest absolute Gasteiger partial charge is 0.367 e. The molecule has 104 valence electrons. The van der Waals surface area contributed by atoms with E-state index in [-0.39, 0.29) is 0 Å². The average molecular weight is 282 g/mol. The summed E-state index contributed by atoms with van der Waals surface area (Å²) in [5.74, 6) is -0.268. The minimum absolute atomic E-state index is 0.309. The molecule has 0 spiro atoms. The van der Waals surface area contributed by atoms with Crippen molar-refractivity contribution in [3.05, 3.63) is 36.7 Å². The molecule has 4 rings (SSSR count). The number of rotatable bonds is 1. The van der Waals surface area contributed by atoms with Gasteiger partial charge in [0.25, 0.3) is 6.23 Å². The predicted molar refractivity (Wildman–Crippen MR) is 74.7 cm³/mol. The zero-order chi connectivity index (χ0) is 14.6. The number of carbonyl (C=O) groups is 1. The van der Waals surface area contributed by atoms with Crippen LogP contribution >= 0.6 is 0 Å². The lowest BCUT2D eigenvalue weighted by Gasteiger charge is -2.26. The molecule has 1 aliphatic rings. The summed E-state index contributed by atoms with van der Waals surface area (Å²) in [6.45, 7) is 0. The fraction of sp³-hybridized carbons (Fsp3) is 0.0714. The number of aromatic nitrogens is 3. The molecular formula is C14H10N4O3. The van der Waals surface area contributed by atoms with E-state index in [1.165, 1.54) is 10.9 Å². The lowest BCUT2D eigenvalue weighted by Crippen LogP contribution is -2.28. The Balaban J connectivity index is 2.13. The van der Waals surface area contributed by atoms with Crippen LogP contribution in [0.15, 0.2) is 36.7 Å². The monoisotopic (exact) mass is 282 g/mol. The maximum atomic E-state index is 11.5. The molecule has 1 unspecified atom stereocenters. The average Bonchev–Trinajstić information content (AvgIpc) is 2.87. The SMILES string of the molecule is Nc1ncnc2c1cc1n2C(C(=O)O)Oc2ccccc2-1. The van der Waals surface area contributed by atoms with Crippen LogP contribution in [0.1, 0.15) is 6.23 Å². The highest BCUT2D eigenvalue weighted by Crippen LogP contribution is 2.41. The molecular weight excluding hydrogens is 272 g/mol. The van der Waals surface area contributed by atoms with Crippen LogP contribution in [0.5, 0.6) is 5.75 Å². The van der Waals surface area contributed by atoms with Crippen LogP contribution in [-0.2, 0) is 4.79 Å². The Kier molecular flexibility index (Phi) is 2.20. The van der Waals surface area contributed by atoms with E-state index in [2.05, 4.69) is 9.97 Å². The van der Waals surface area contributed by atoms with E-state index in [1.807, 2.05) is 12.1 Å².